The zero-order valence-electron chi connectivity index (χ0n) is 18.9. The number of anilines is 1. The highest BCUT2D eigenvalue weighted by molar-refractivity contribution is 5.97. The van der Waals surface area contributed by atoms with Crippen LogP contribution in [0.5, 0.6) is 17.4 Å². The highest BCUT2D eigenvalue weighted by Gasteiger charge is 2.22. The minimum atomic E-state index is -0.450. The van der Waals surface area contributed by atoms with E-state index in [0.717, 1.165) is 5.56 Å². The lowest BCUT2D eigenvalue weighted by Crippen LogP contribution is -2.14. The summed E-state index contributed by atoms with van der Waals surface area (Å²) in [5.74, 6) is 0.436. The third-order valence-electron chi connectivity index (χ3n) is 5.90. The van der Waals surface area contributed by atoms with Crippen LogP contribution in [0.4, 0.5) is 15.8 Å². The van der Waals surface area contributed by atoms with Crippen molar-refractivity contribution in [3.8, 4) is 17.4 Å². The largest absolute Gasteiger partial charge is 0.497 e. The summed E-state index contributed by atoms with van der Waals surface area (Å²) in [5.41, 5.74) is 3.67. The van der Waals surface area contributed by atoms with E-state index in [1.807, 2.05) is 24.3 Å². The molecule has 0 radical (unpaired) electrons. The average Bonchev–Trinajstić information content (AvgIpc) is 3.13. The molecule has 8 nitrogen and oxygen atoms in total. The Morgan fingerprint density at radius 3 is 2.91 bits per heavy atom. The number of fused-ring (bicyclic) bond motifs is 2. The Morgan fingerprint density at radius 1 is 1.26 bits per heavy atom. The SMILES string of the molecule is C=C(Nc1ccc2c(N=O)c(O)n(Cc3cc(F)cc4c3OCOC4)c2c1)c1cccc(OC)c1. The predicted octanol–water partition coefficient (Wildman–Crippen LogP) is 5.89. The van der Waals surface area contributed by atoms with Crippen LogP contribution in [0.3, 0.4) is 0 Å². The number of halogens is 1. The molecule has 35 heavy (non-hydrogen) atoms. The number of aromatic nitrogens is 1. The number of rotatable bonds is 7. The van der Waals surface area contributed by atoms with Crippen LogP contribution in [0.2, 0.25) is 0 Å². The fourth-order valence-corrected chi connectivity index (χ4v) is 4.25. The zero-order valence-corrected chi connectivity index (χ0v) is 18.9. The second-order valence-corrected chi connectivity index (χ2v) is 8.08. The van der Waals surface area contributed by atoms with Crippen LogP contribution in [0.15, 0.2) is 66.4 Å². The Hall–Kier alpha value is -4.37. The molecule has 0 spiro atoms. The molecule has 0 unspecified atom stereocenters. The van der Waals surface area contributed by atoms with Crippen LogP contribution in [-0.2, 0) is 17.9 Å². The number of hydrogen-bond donors (Lipinski definition) is 2. The van der Waals surface area contributed by atoms with Crippen molar-refractivity contribution in [2.24, 2.45) is 5.18 Å². The van der Waals surface area contributed by atoms with Gasteiger partial charge in [-0.1, -0.05) is 18.7 Å². The lowest BCUT2D eigenvalue weighted by Gasteiger charge is -2.21. The molecule has 4 aromatic rings. The van der Waals surface area contributed by atoms with Crippen molar-refractivity contribution in [3.63, 3.8) is 0 Å². The Labute approximate surface area is 200 Å². The van der Waals surface area contributed by atoms with Crippen molar-refractivity contribution >= 4 is 28.0 Å². The average molecular weight is 475 g/mol. The van der Waals surface area contributed by atoms with Gasteiger partial charge in [0.15, 0.2) is 12.5 Å². The fourth-order valence-electron chi connectivity index (χ4n) is 4.25. The lowest BCUT2D eigenvalue weighted by atomic mass is 10.1. The standard InChI is InChI=1S/C26H22FN3O5/c1-15(16-4-3-5-21(10-16)33-2)28-20-6-7-22-23(11-20)30(26(31)24(22)29-32)12-17-8-19(27)9-18-13-34-14-35-25(17)18/h3-11,28,31H,1,12-14H2,2H3. The Bertz CT molecular complexity index is 1460. The maximum atomic E-state index is 14.3. The number of nitrogens with one attached hydrogen (secondary N) is 1. The van der Waals surface area contributed by atoms with E-state index in [4.69, 9.17) is 14.2 Å². The molecule has 0 amide bonds. The van der Waals surface area contributed by atoms with Crippen LogP contribution < -0.4 is 14.8 Å². The molecule has 0 fully saturated rings. The Kier molecular flexibility index (Phi) is 5.84. The second-order valence-electron chi connectivity index (χ2n) is 8.08. The maximum absolute atomic E-state index is 14.3. The van der Waals surface area contributed by atoms with Crippen LogP contribution in [0.25, 0.3) is 16.6 Å². The molecule has 0 aliphatic carbocycles. The molecule has 1 aliphatic rings. The maximum Gasteiger partial charge on any atom is 0.222 e. The fraction of sp³-hybridized carbons (Fsp3) is 0.154. The van der Waals surface area contributed by atoms with Gasteiger partial charge in [-0.05, 0) is 47.6 Å². The first-order valence-electron chi connectivity index (χ1n) is 10.8. The number of aromatic hydroxyl groups is 1. The molecule has 178 valence electrons. The third kappa shape index (κ3) is 4.17. The molecular weight excluding hydrogens is 453 g/mol. The Morgan fingerprint density at radius 2 is 2.11 bits per heavy atom. The predicted molar refractivity (Wildman–Crippen MR) is 130 cm³/mol. The Balaban J connectivity index is 1.54. The summed E-state index contributed by atoms with van der Waals surface area (Å²) in [6.45, 7) is 4.42. The summed E-state index contributed by atoms with van der Waals surface area (Å²) in [4.78, 5) is 11.5. The summed E-state index contributed by atoms with van der Waals surface area (Å²) in [6.07, 6.45) is 0. The van der Waals surface area contributed by atoms with Crippen molar-refractivity contribution in [1.82, 2.24) is 4.57 Å². The molecule has 0 saturated heterocycles. The number of nitrogens with zero attached hydrogens (tertiary/aromatic N) is 2. The molecule has 1 aliphatic heterocycles. The lowest BCUT2D eigenvalue weighted by molar-refractivity contribution is -0.0173. The summed E-state index contributed by atoms with van der Waals surface area (Å²) in [6, 6.07) is 15.4. The number of benzene rings is 3. The van der Waals surface area contributed by atoms with Gasteiger partial charge in [-0.2, -0.15) is 0 Å². The van der Waals surface area contributed by atoms with Gasteiger partial charge in [-0.15, -0.1) is 4.91 Å². The van der Waals surface area contributed by atoms with Gasteiger partial charge in [-0.25, -0.2) is 4.39 Å². The van der Waals surface area contributed by atoms with E-state index in [9.17, 15) is 14.4 Å². The monoisotopic (exact) mass is 475 g/mol. The van der Waals surface area contributed by atoms with Crippen LogP contribution in [0, 0.1) is 10.7 Å². The van der Waals surface area contributed by atoms with Crippen LogP contribution in [-0.4, -0.2) is 23.6 Å². The molecule has 2 heterocycles. The number of hydrogen-bond acceptors (Lipinski definition) is 7. The van der Waals surface area contributed by atoms with Gasteiger partial charge in [0.25, 0.3) is 0 Å². The van der Waals surface area contributed by atoms with Crippen LogP contribution >= 0.6 is 0 Å². The minimum absolute atomic E-state index is 0.0473. The molecule has 3 aromatic carbocycles. The molecule has 5 rings (SSSR count). The minimum Gasteiger partial charge on any atom is -0.497 e. The number of ether oxygens (including phenoxy) is 3. The highest BCUT2D eigenvalue weighted by atomic mass is 19.1. The first kappa shape index (κ1) is 22.4. The van der Waals surface area contributed by atoms with E-state index < -0.39 is 5.82 Å². The zero-order chi connectivity index (χ0) is 24.5. The van der Waals surface area contributed by atoms with E-state index in [1.54, 1.807) is 25.3 Å². The van der Waals surface area contributed by atoms with Gasteiger partial charge < -0.3 is 29.2 Å². The van der Waals surface area contributed by atoms with Crippen LogP contribution in [0.1, 0.15) is 16.7 Å². The number of methoxy groups -OCH3 is 1. The topological polar surface area (TPSA) is 94.3 Å². The van der Waals surface area contributed by atoms with Gasteiger partial charge in [0.1, 0.15) is 17.3 Å². The first-order valence-corrected chi connectivity index (χ1v) is 10.8. The molecular formula is C26H22FN3O5. The van der Waals surface area contributed by atoms with Crippen molar-refractivity contribution in [2.45, 2.75) is 13.2 Å². The van der Waals surface area contributed by atoms with Gasteiger partial charge >= 0.3 is 0 Å². The summed E-state index contributed by atoms with van der Waals surface area (Å²) in [5, 5.41) is 17.5. The van der Waals surface area contributed by atoms with Crippen molar-refractivity contribution in [2.75, 3.05) is 19.2 Å². The van der Waals surface area contributed by atoms with Gasteiger partial charge in [0.05, 0.1) is 25.8 Å². The molecule has 0 bridgehead atoms. The van der Waals surface area contributed by atoms with Crippen molar-refractivity contribution in [1.29, 1.82) is 0 Å². The second kappa shape index (κ2) is 9.11. The highest BCUT2D eigenvalue weighted by Crippen LogP contribution is 2.41. The number of nitroso groups, excluding NO2 is 1. The van der Waals surface area contributed by atoms with Gasteiger partial charge in [0, 0.05) is 33.5 Å². The van der Waals surface area contributed by atoms with E-state index in [1.165, 1.54) is 16.7 Å². The van der Waals surface area contributed by atoms with Gasteiger partial charge in [0.2, 0.25) is 5.88 Å². The summed E-state index contributed by atoms with van der Waals surface area (Å²) < 4.78 is 31.9. The summed E-state index contributed by atoms with van der Waals surface area (Å²) >= 11 is 0. The smallest absolute Gasteiger partial charge is 0.222 e. The molecule has 1 aromatic heterocycles. The summed E-state index contributed by atoms with van der Waals surface area (Å²) in [7, 11) is 1.59. The van der Waals surface area contributed by atoms with E-state index in [2.05, 4.69) is 17.1 Å². The molecule has 2 N–H and O–H groups in total. The quantitative estimate of drug-likeness (QED) is 0.324. The third-order valence-corrected chi connectivity index (χ3v) is 5.90. The van der Waals surface area contributed by atoms with Gasteiger partial charge in [-0.3, -0.25) is 0 Å². The normalized spacial score (nSPS) is 12.6. The molecule has 9 heteroatoms. The van der Waals surface area contributed by atoms with Crippen molar-refractivity contribution < 1.29 is 23.7 Å². The van der Waals surface area contributed by atoms with E-state index in [-0.39, 0.29) is 31.5 Å². The molecule has 0 saturated carbocycles. The van der Waals surface area contributed by atoms with Crippen molar-refractivity contribution in [3.05, 3.63) is 88.6 Å². The van der Waals surface area contributed by atoms with E-state index >= 15 is 0 Å². The first-order chi connectivity index (χ1) is 17.0. The van der Waals surface area contributed by atoms with E-state index in [0.29, 0.717) is 44.9 Å². The molecule has 0 atom stereocenters.